The van der Waals surface area contributed by atoms with Gasteiger partial charge in [0.2, 0.25) is 0 Å². The summed E-state index contributed by atoms with van der Waals surface area (Å²) in [5, 5.41) is 6.21. The van der Waals surface area contributed by atoms with Gasteiger partial charge in [-0.05, 0) is 45.8 Å². The number of anilines is 1. The number of halogens is 3. The van der Waals surface area contributed by atoms with Gasteiger partial charge in [-0.3, -0.25) is 9.59 Å². The molecule has 0 aliphatic rings. The first-order valence-electron chi connectivity index (χ1n) is 13.4. The van der Waals surface area contributed by atoms with E-state index in [9.17, 15) is 18.4 Å². The van der Waals surface area contributed by atoms with Gasteiger partial charge in [-0.15, -0.1) is 4.73 Å². The van der Waals surface area contributed by atoms with Gasteiger partial charge in [0.1, 0.15) is 35.3 Å². The lowest BCUT2D eigenvalue weighted by molar-refractivity contribution is 0.0898. The third-order valence-electron chi connectivity index (χ3n) is 6.78. The average Bonchev–Trinajstić information content (AvgIpc) is 3.03. The fourth-order valence-electron chi connectivity index (χ4n) is 4.56. The lowest BCUT2D eigenvalue weighted by Gasteiger charge is -2.19. The van der Waals surface area contributed by atoms with Crippen LogP contribution in [0.3, 0.4) is 0 Å². The largest absolute Gasteiger partial charge is 0.497 e. The smallest absolute Gasteiger partial charge is 0.300 e. The SMILES string of the molecule is COc1ccc(CNc2c(C(=O)NCc3ccc(F)cc3F)c(=O)n(OCc3ccccc3)c3ncc(Br)cc23)c(OC)c1. The summed E-state index contributed by atoms with van der Waals surface area (Å²) in [4.78, 5) is 38.1. The van der Waals surface area contributed by atoms with Crippen molar-refractivity contribution in [2.45, 2.75) is 19.7 Å². The number of fused-ring (bicyclic) bond motifs is 1. The highest BCUT2D eigenvalue weighted by molar-refractivity contribution is 9.10. The number of rotatable bonds is 11. The Morgan fingerprint density at radius 1 is 0.955 bits per heavy atom. The molecule has 0 radical (unpaired) electrons. The van der Waals surface area contributed by atoms with Crippen LogP contribution in [-0.4, -0.2) is 29.8 Å². The molecule has 2 N–H and O–H groups in total. The van der Waals surface area contributed by atoms with Crippen LogP contribution >= 0.6 is 15.9 Å². The number of hydrogen-bond acceptors (Lipinski definition) is 7. The molecule has 1 amide bonds. The zero-order valence-corrected chi connectivity index (χ0v) is 25.3. The number of hydrogen-bond donors (Lipinski definition) is 2. The third kappa shape index (κ3) is 6.65. The van der Waals surface area contributed by atoms with E-state index in [1.54, 1.807) is 31.4 Å². The van der Waals surface area contributed by atoms with Gasteiger partial charge in [-0.25, -0.2) is 13.8 Å². The molecule has 2 aromatic heterocycles. The molecule has 0 unspecified atom stereocenters. The van der Waals surface area contributed by atoms with Gasteiger partial charge in [0.25, 0.3) is 11.5 Å². The van der Waals surface area contributed by atoms with Crippen molar-refractivity contribution in [2.75, 3.05) is 19.5 Å². The normalized spacial score (nSPS) is 10.8. The van der Waals surface area contributed by atoms with Gasteiger partial charge in [-0.1, -0.05) is 36.4 Å². The molecule has 0 saturated heterocycles. The molecule has 5 rings (SSSR count). The molecule has 0 bridgehead atoms. The lowest BCUT2D eigenvalue weighted by Crippen LogP contribution is -2.37. The maximum atomic E-state index is 14.4. The number of nitrogens with one attached hydrogen (secondary N) is 2. The second kappa shape index (κ2) is 13.6. The second-order valence-electron chi connectivity index (χ2n) is 9.58. The summed E-state index contributed by atoms with van der Waals surface area (Å²) in [5.74, 6) is -1.26. The zero-order chi connectivity index (χ0) is 31.2. The van der Waals surface area contributed by atoms with E-state index >= 15 is 0 Å². The number of pyridine rings is 2. The van der Waals surface area contributed by atoms with E-state index in [4.69, 9.17) is 14.3 Å². The summed E-state index contributed by atoms with van der Waals surface area (Å²) in [7, 11) is 3.06. The summed E-state index contributed by atoms with van der Waals surface area (Å²) >= 11 is 3.43. The Morgan fingerprint density at radius 3 is 2.45 bits per heavy atom. The van der Waals surface area contributed by atoms with Crippen LogP contribution in [0.2, 0.25) is 0 Å². The molecule has 226 valence electrons. The first-order valence-corrected chi connectivity index (χ1v) is 14.2. The van der Waals surface area contributed by atoms with Crippen molar-refractivity contribution in [1.29, 1.82) is 0 Å². The third-order valence-corrected chi connectivity index (χ3v) is 7.21. The van der Waals surface area contributed by atoms with Gasteiger partial charge in [0, 0.05) is 52.4 Å². The van der Waals surface area contributed by atoms with Gasteiger partial charge in [0.15, 0.2) is 5.65 Å². The van der Waals surface area contributed by atoms with E-state index in [2.05, 4.69) is 31.5 Å². The molecule has 0 spiro atoms. The average molecular weight is 665 g/mol. The molecule has 0 aliphatic carbocycles. The quantitative estimate of drug-likeness (QED) is 0.189. The molecule has 12 heteroatoms. The van der Waals surface area contributed by atoms with Crippen molar-refractivity contribution in [2.24, 2.45) is 0 Å². The van der Waals surface area contributed by atoms with Crippen molar-refractivity contribution in [3.63, 3.8) is 0 Å². The van der Waals surface area contributed by atoms with Crippen molar-refractivity contribution in [3.8, 4) is 11.5 Å². The van der Waals surface area contributed by atoms with E-state index in [0.29, 0.717) is 26.9 Å². The van der Waals surface area contributed by atoms with Gasteiger partial charge in [0.05, 0.1) is 19.9 Å². The number of carbonyl (C=O) groups is 1. The highest BCUT2D eigenvalue weighted by Gasteiger charge is 2.25. The maximum absolute atomic E-state index is 14.4. The molecular formula is C32H27BrF2N4O5. The van der Waals surface area contributed by atoms with E-state index in [1.807, 2.05) is 30.3 Å². The zero-order valence-electron chi connectivity index (χ0n) is 23.7. The minimum Gasteiger partial charge on any atom is -0.497 e. The first-order chi connectivity index (χ1) is 21.3. The summed E-state index contributed by atoms with van der Waals surface area (Å²) in [6.45, 7) is -0.128. The number of benzene rings is 3. The van der Waals surface area contributed by atoms with Crippen molar-refractivity contribution < 1.29 is 27.9 Å². The Morgan fingerprint density at radius 2 is 1.73 bits per heavy atom. The Kier molecular flexibility index (Phi) is 9.39. The van der Waals surface area contributed by atoms with E-state index < -0.39 is 23.1 Å². The van der Waals surface area contributed by atoms with E-state index in [0.717, 1.165) is 22.4 Å². The lowest BCUT2D eigenvalue weighted by atomic mass is 10.1. The number of nitrogens with zero attached hydrogens (tertiary/aromatic N) is 2. The van der Waals surface area contributed by atoms with Gasteiger partial charge in [-0.2, -0.15) is 0 Å². The van der Waals surface area contributed by atoms with Gasteiger partial charge >= 0.3 is 0 Å². The summed E-state index contributed by atoms with van der Waals surface area (Å²) in [5.41, 5.74) is 0.811. The molecule has 9 nitrogen and oxygen atoms in total. The topological polar surface area (TPSA) is 104 Å². The monoisotopic (exact) mass is 664 g/mol. The predicted octanol–water partition coefficient (Wildman–Crippen LogP) is 5.63. The fraction of sp³-hybridized carbons (Fsp3) is 0.156. The van der Waals surface area contributed by atoms with E-state index in [-0.39, 0.29) is 42.2 Å². The number of amides is 1. The highest BCUT2D eigenvalue weighted by atomic mass is 79.9. The van der Waals surface area contributed by atoms with Crippen molar-refractivity contribution in [1.82, 2.24) is 15.0 Å². The Labute approximate surface area is 259 Å². The van der Waals surface area contributed by atoms with Crippen LogP contribution in [-0.2, 0) is 19.7 Å². The molecule has 0 atom stereocenters. The molecule has 3 aromatic carbocycles. The van der Waals surface area contributed by atoms with Crippen LogP contribution in [0.4, 0.5) is 14.5 Å². The predicted molar refractivity (Wildman–Crippen MR) is 165 cm³/mol. The Balaban J connectivity index is 1.60. The molecule has 44 heavy (non-hydrogen) atoms. The maximum Gasteiger partial charge on any atom is 0.300 e. The molecule has 0 saturated carbocycles. The fourth-order valence-corrected chi connectivity index (χ4v) is 4.89. The van der Waals surface area contributed by atoms with Crippen molar-refractivity contribution in [3.05, 3.63) is 128 Å². The summed E-state index contributed by atoms with van der Waals surface area (Å²) in [6, 6.07) is 19.2. The van der Waals surface area contributed by atoms with E-state index in [1.165, 1.54) is 19.4 Å². The summed E-state index contributed by atoms with van der Waals surface area (Å²) < 4.78 is 40.2. The first kappa shape index (κ1) is 30.5. The molecule has 5 aromatic rings. The highest BCUT2D eigenvalue weighted by Crippen LogP contribution is 2.30. The van der Waals surface area contributed by atoms with Crippen LogP contribution in [0.15, 0.2) is 88.3 Å². The van der Waals surface area contributed by atoms with Crippen molar-refractivity contribution >= 4 is 38.6 Å². The number of aromatic nitrogens is 2. The van der Waals surface area contributed by atoms with Crippen LogP contribution < -0.4 is 30.5 Å². The molecule has 2 heterocycles. The van der Waals surface area contributed by atoms with Crippen LogP contribution in [0.1, 0.15) is 27.0 Å². The van der Waals surface area contributed by atoms with Crippen LogP contribution in [0, 0.1) is 11.6 Å². The second-order valence-corrected chi connectivity index (χ2v) is 10.5. The van der Waals surface area contributed by atoms with Gasteiger partial charge < -0.3 is 24.9 Å². The van der Waals surface area contributed by atoms with Crippen LogP contribution in [0.5, 0.6) is 11.5 Å². The number of methoxy groups -OCH3 is 2. The molecule has 0 aliphatic heterocycles. The molecule has 0 fully saturated rings. The van der Waals surface area contributed by atoms with Crippen LogP contribution in [0.25, 0.3) is 11.0 Å². The minimum absolute atomic E-state index is 0.0191. The molecular weight excluding hydrogens is 638 g/mol. The Hall–Kier alpha value is -4.97. The summed E-state index contributed by atoms with van der Waals surface area (Å²) in [6.07, 6.45) is 1.51. The minimum atomic E-state index is -0.828. The standard InChI is InChI=1S/C32H27BrF2N4O5/c1-42-24-11-9-21(27(14-24)43-2)16-36-29-25-12-22(33)17-37-30(25)39(44-18-19-6-4-3-5-7-19)32(41)28(29)31(40)38-15-20-8-10-23(34)13-26(20)35/h3-14,17,36H,15-16,18H2,1-2H3,(H,38,40). The number of carbonyl (C=O) groups excluding carboxylic acids is 1. The number of ether oxygens (including phenoxy) is 2. The Bertz CT molecular complexity index is 1890.